The van der Waals surface area contributed by atoms with Crippen molar-refractivity contribution in [2.45, 2.75) is 52.0 Å². The number of halogens is 1. The monoisotopic (exact) mass is 293 g/mol. The van der Waals surface area contributed by atoms with E-state index in [0.717, 1.165) is 12.1 Å². The summed E-state index contributed by atoms with van der Waals surface area (Å²) in [5.74, 6) is 1.67. The first kappa shape index (κ1) is 16.3. The molecular weight excluding hydrogens is 265 g/mol. The SMILES string of the molecule is CCNC(c1ccc(OC)cc1F)C1CCCCC1CC. The number of ether oxygens (including phenoxy) is 1. The number of methoxy groups -OCH3 is 1. The van der Waals surface area contributed by atoms with E-state index in [9.17, 15) is 4.39 Å². The molecule has 0 spiro atoms. The fraction of sp³-hybridized carbons (Fsp3) is 0.667. The van der Waals surface area contributed by atoms with E-state index in [4.69, 9.17) is 4.74 Å². The van der Waals surface area contributed by atoms with Crippen molar-refractivity contribution in [2.75, 3.05) is 13.7 Å². The van der Waals surface area contributed by atoms with E-state index in [1.54, 1.807) is 7.11 Å². The van der Waals surface area contributed by atoms with Gasteiger partial charge in [-0.25, -0.2) is 4.39 Å². The van der Waals surface area contributed by atoms with Gasteiger partial charge < -0.3 is 10.1 Å². The van der Waals surface area contributed by atoms with Gasteiger partial charge in [-0.15, -0.1) is 0 Å². The molecule has 0 aliphatic heterocycles. The average Bonchev–Trinajstić information content (AvgIpc) is 2.53. The Morgan fingerprint density at radius 3 is 2.67 bits per heavy atom. The van der Waals surface area contributed by atoms with E-state index in [0.29, 0.717) is 17.6 Å². The highest BCUT2D eigenvalue weighted by Gasteiger charge is 2.32. The smallest absolute Gasteiger partial charge is 0.131 e. The molecule has 118 valence electrons. The lowest BCUT2D eigenvalue weighted by molar-refractivity contribution is 0.174. The molecule has 0 aromatic heterocycles. The largest absolute Gasteiger partial charge is 0.497 e. The third-order valence-corrected chi connectivity index (χ3v) is 4.89. The molecule has 3 atom stereocenters. The maximum absolute atomic E-state index is 14.5. The van der Waals surface area contributed by atoms with Gasteiger partial charge in [0.2, 0.25) is 0 Å². The molecule has 1 fully saturated rings. The molecule has 1 aliphatic rings. The highest BCUT2D eigenvalue weighted by atomic mass is 19.1. The molecular formula is C18H28FNO. The minimum absolute atomic E-state index is 0.117. The average molecular weight is 293 g/mol. The van der Waals surface area contributed by atoms with E-state index in [2.05, 4.69) is 19.2 Å². The number of hydrogen-bond acceptors (Lipinski definition) is 2. The number of nitrogens with one attached hydrogen (secondary N) is 1. The first-order valence-corrected chi connectivity index (χ1v) is 8.28. The summed E-state index contributed by atoms with van der Waals surface area (Å²) in [4.78, 5) is 0. The van der Waals surface area contributed by atoms with Gasteiger partial charge in [0.15, 0.2) is 0 Å². The Kier molecular flexibility index (Phi) is 6.04. The summed E-state index contributed by atoms with van der Waals surface area (Å²) in [5, 5.41) is 3.53. The van der Waals surface area contributed by atoms with E-state index >= 15 is 0 Å². The maximum Gasteiger partial charge on any atom is 0.131 e. The van der Waals surface area contributed by atoms with Gasteiger partial charge in [0, 0.05) is 17.7 Å². The highest BCUT2D eigenvalue weighted by Crippen LogP contribution is 2.41. The Balaban J connectivity index is 2.29. The molecule has 0 bridgehead atoms. The van der Waals surface area contributed by atoms with Crippen molar-refractivity contribution < 1.29 is 9.13 Å². The lowest BCUT2D eigenvalue weighted by Crippen LogP contribution is -2.35. The van der Waals surface area contributed by atoms with Crippen molar-refractivity contribution in [1.82, 2.24) is 5.32 Å². The molecule has 3 heteroatoms. The second-order valence-electron chi connectivity index (χ2n) is 6.04. The molecule has 1 saturated carbocycles. The van der Waals surface area contributed by atoms with Gasteiger partial charge >= 0.3 is 0 Å². The molecule has 0 radical (unpaired) electrons. The minimum Gasteiger partial charge on any atom is -0.497 e. The van der Waals surface area contributed by atoms with E-state index in [1.807, 2.05) is 12.1 Å². The van der Waals surface area contributed by atoms with Crippen molar-refractivity contribution in [2.24, 2.45) is 11.8 Å². The summed E-state index contributed by atoms with van der Waals surface area (Å²) in [5.41, 5.74) is 0.794. The molecule has 0 saturated heterocycles. The number of rotatable bonds is 6. The van der Waals surface area contributed by atoms with Crippen LogP contribution in [-0.4, -0.2) is 13.7 Å². The van der Waals surface area contributed by atoms with Crippen LogP contribution in [0, 0.1) is 17.7 Å². The second-order valence-corrected chi connectivity index (χ2v) is 6.04. The zero-order chi connectivity index (χ0) is 15.2. The highest BCUT2D eigenvalue weighted by molar-refractivity contribution is 5.31. The molecule has 2 rings (SSSR count). The summed E-state index contributed by atoms with van der Waals surface area (Å²) in [6, 6.07) is 5.38. The molecule has 21 heavy (non-hydrogen) atoms. The zero-order valence-corrected chi connectivity index (χ0v) is 13.5. The van der Waals surface area contributed by atoms with Gasteiger partial charge in [0.05, 0.1) is 7.11 Å². The quantitative estimate of drug-likeness (QED) is 0.820. The fourth-order valence-corrected chi connectivity index (χ4v) is 3.78. The van der Waals surface area contributed by atoms with Crippen LogP contribution in [0.1, 0.15) is 57.6 Å². The van der Waals surface area contributed by atoms with Gasteiger partial charge in [-0.2, -0.15) is 0 Å². The van der Waals surface area contributed by atoms with Crippen molar-refractivity contribution in [1.29, 1.82) is 0 Å². The first-order chi connectivity index (χ1) is 10.2. The normalized spacial score (nSPS) is 23.8. The topological polar surface area (TPSA) is 21.3 Å². The summed E-state index contributed by atoms with van der Waals surface area (Å²) < 4.78 is 19.6. The van der Waals surface area contributed by atoms with Gasteiger partial charge in [0.25, 0.3) is 0 Å². The molecule has 1 N–H and O–H groups in total. The first-order valence-electron chi connectivity index (χ1n) is 8.28. The van der Waals surface area contributed by atoms with E-state index in [1.165, 1.54) is 38.2 Å². The fourth-order valence-electron chi connectivity index (χ4n) is 3.78. The zero-order valence-electron chi connectivity index (χ0n) is 13.5. The summed E-state index contributed by atoms with van der Waals surface area (Å²) >= 11 is 0. The standard InChI is InChI=1S/C18H28FNO/c1-4-13-8-6-7-9-15(13)18(20-5-2)16-11-10-14(21-3)12-17(16)19/h10-13,15,18,20H,4-9H2,1-3H3. The van der Waals surface area contributed by atoms with Crippen LogP contribution >= 0.6 is 0 Å². The number of benzene rings is 1. The minimum atomic E-state index is -0.152. The van der Waals surface area contributed by atoms with Crippen LogP contribution in [0.15, 0.2) is 18.2 Å². The molecule has 0 amide bonds. The third kappa shape index (κ3) is 3.76. The third-order valence-electron chi connectivity index (χ3n) is 4.89. The van der Waals surface area contributed by atoms with Gasteiger partial charge in [0.1, 0.15) is 11.6 Å². The number of hydrogen-bond donors (Lipinski definition) is 1. The molecule has 1 aliphatic carbocycles. The van der Waals surface area contributed by atoms with E-state index in [-0.39, 0.29) is 11.9 Å². The summed E-state index contributed by atoms with van der Waals surface area (Å²) in [6.45, 7) is 5.22. The molecule has 3 unspecified atom stereocenters. The van der Waals surface area contributed by atoms with Crippen LogP contribution in [-0.2, 0) is 0 Å². The van der Waals surface area contributed by atoms with Gasteiger partial charge in [-0.3, -0.25) is 0 Å². The maximum atomic E-state index is 14.5. The Morgan fingerprint density at radius 2 is 2.05 bits per heavy atom. The molecule has 2 nitrogen and oxygen atoms in total. The van der Waals surface area contributed by atoms with Crippen molar-refractivity contribution in [3.8, 4) is 5.75 Å². The Bertz CT molecular complexity index is 449. The summed E-state index contributed by atoms with van der Waals surface area (Å²) in [7, 11) is 1.57. The lowest BCUT2D eigenvalue weighted by Gasteiger charge is -2.37. The van der Waals surface area contributed by atoms with Crippen LogP contribution in [0.5, 0.6) is 5.75 Å². The lowest BCUT2D eigenvalue weighted by atomic mass is 9.72. The van der Waals surface area contributed by atoms with Crippen LogP contribution in [0.3, 0.4) is 0 Å². The Morgan fingerprint density at radius 1 is 1.29 bits per heavy atom. The van der Waals surface area contributed by atoms with Crippen LogP contribution in [0.4, 0.5) is 4.39 Å². The van der Waals surface area contributed by atoms with Crippen LogP contribution < -0.4 is 10.1 Å². The molecule has 1 aromatic rings. The van der Waals surface area contributed by atoms with Crippen molar-refractivity contribution in [3.63, 3.8) is 0 Å². The van der Waals surface area contributed by atoms with Crippen LogP contribution in [0.2, 0.25) is 0 Å². The van der Waals surface area contributed by atoms with Crippen molar-refractivity contribution in [3.05, 3.63) is 29.6 Å². The van der Waals surface area contributed by atoms with E-state index < -0.39 is 0 Å². The van der Waals surface area contributed by atoms with Crippen molar-refractivity contribution >= 4 is 0 Å². The predicted molar refractivity (Wildman–Crippen MR) is 85.1 cm³/mol. The predicted octanol–water partition coefficient (Wildman–Crippen LogP) is 4.70. The second kappa shape index (κ2) is 7.79. The van der Waals surface area contributed by atoms with Gasteiger partial charge in [-0.05, 0) is 30.9 Å². The van der Waals surface area contributed by atoms with Gasteiger partial charge in [-0.1, -0.05) is 45.6 Å². The molecule has 1 aromatic carbocycles. The summed E-state index contributed by atoms with van der Waals surface area (Å²) in [6.07, 6.45) is 6.24. The van der Waals surface area contributed by atoms with Crippen LogP contribution in [0.25, 0.3) is 0 Å². The Labute approximate surface area is 128 Å². The Hall–Kier alpha value is -1.09. The molecule has 0 heterocycles.